The van der Waals surface area contributed by atoms with Gasteiger partial charge in [-0.3, -0.25) is 9.89 Å². The Morgan fingerprint density at radius 3 is 2.57 bits per heavy atom. The van der Waals surface area contributed by atoms with Crippen molar-refractivity contribution < 1.29 is 14.2 Å². The number of aromatic hydroxyl groups is 1. The van der Waals surface area contributed by atoms with Crippen molar-refractivity contribution >= 4 is 5.96 Å². The highest BCUT2D eigenvalue weighted by molar-refractivity contribution is 5.80. The quantitative estimate of drug-likeness (QED) is 0.589. The monoisotopic (exact) mass is 386 g/mol. The van der Waals surface area contributed by atoms with Crippen LogP contribution >= 0.6 is 0 Å². The lowest BCUT2D eigenvalue weighted by Crippen LogP contribution is -2.52. The van der Waals surface area contributed by atoms with E-state index in [0.717, 1.165) is 50.0 Å². The molecule has 28 heavy (non-hydrogen) atoms. The maximum absolute atomic E-state index is 13.5. The number of phenols is 1. The zero-order valence-corrected chi connectivity index (χ0v) is 16.1. The average molecular weight is 386 g/mol. The molecule has 1 aliphatic heterocycles. The molecular formula is C21H27FN4O2. The van der Waals surface area contributed by atoms with E-state index in [2.05, 4.69) is 20.1 Å². The van der Waals surface area contributed by atoms with Crippen LogP contribution < -0.4 is 10.1 Å². The van der Waals surface area contributed by atoms with Crippen molar-refractivity contribution in [1.29, 1.82) is 0 Å². The zero-order valence-electron chi connectivity index (χ0n) is 16.1. The summed E-state index contributed by atoms with van der Waals surface area (Å²) in [5, 5.41) is 12.5. The second-order valence-corrected chi connectivity index (χ2v) is 6.68. The molecule has 150 valence electrons. The van der Waals surface area contributed by atoms with Crippen LogP contribution in [0.4, 0.5) is 4.39 Å². The molecule has 2 N–H and O–H groups in total. The molecule has 1 heterocycles. The lowest BCUT2D eigenvalue weighted by molar-refractivity contribution is 0.152. The Kier molecular flexibility index (Phi) is 7.08. The maximum atomic E-state index is 13.5. The van der Waals surface area contributed by atoms with E-state index in [1.807, 2.05) is 30.3 Å². The van der Waals surface area contributed by atoms with Crippen molar-refractivity contribution in [1.82, 2.24) is 15.1 Å². The molecule has 7 heteroatoms. The molecule has 0 atom stereocenters. The van der Waals surface area contributed by atoms with Gasteiger partial charge in [-0.25, -0.2) is 4.39 Å². The van der Waals surface area contributed by atoms with E-state index in [9.17, 15) is 9.50 Å². The molecule has 6 nitrogen and oxygen atoms in total. The molecule has 0 unspecified atom stereocenters. The van der Waals surface area contributed by atoms with Gasteiger partial charge in [-0.2, -0.15) is 0 Å². The van der Waals surface area contributed by atoms with Crippen LogP contribution in [0.1, 0.15) is 5.56 Å². The number of hydrogen-bond acceptors (Lipinski definition) is 4. The number of nitrogens with zero attached hydrogens (tertiary/aromatic N) is 3. The molecule has 2 aromatic carbocycles. The lowest BCUT2D eigenvalue weighted by Gasteiger charge is -2.36. The third-order valence-corrected chi connectivity index (χ3v) is 4.77. The largest absolute Gasteiger partial charge is 0.505 e. The number of para-hydroxylation sites is 1. The molecule has 0 saturated carbocycles. The van der Waals surface area contributed by atoms with Crippen molar-refractivity contribution in [2.24, 2.45) is 4.99 Å². The summed E-state index contributed by atoms with van der Waals surface area (Å²) in [4.78, 5) is 8.92. The molecule has 0 amide bonds. The highest BCUT2D eigenvalue weighted by atomic mass is 19.1. The van der Waals surface area contributed by atoms with E-state index in [4.69, 9.17) is 4.74 Å². The van der Waals surface area contributed by atoms with Crippen molar-refractivity contribution in [2.75, 3.05) is 46.4 Å². The van der Waals surface area contributed by atoms with Gasteiger partial charge < -0.3 is 20.1 Å². The van der Waals surface area contributed by atoms with Gasteiger partial charge in [0.05, 0.1) is 0 Å². The maximum Gasteiger partial charge on any atom is 0.194 e. The van der Waals surface area contributed by atoms with Gasteiger partial charge >= 0.3 is 0 Å². The Labute approximate surface area is 165 Å². The van der Waals surface area contributed by atoms with Crippen molar-refractivity contribution in [3.8, 4) is 11.5 Å². The van der Waals surface area contributed by atoms with Gasteiger partial charge in [-0.05, 0) is 29.8 Å². The fourth-order valence-electron chi connectivity index (χ4n) is 3.17. The summed E-state index contributed by atoms with van der Waals surface area (Å²) >= 11 is 0. The van der Waals surface area contributed by atoms with Crippen LogP contribution in [0.15, 0.2) is 53.5 Å². The Balaban J connectivity index is 1.40. The Morgan fingerprint density at radius 1 is 1.14 bits per heavy atom. The molecule has 0 radical (unpaired) electrons. The third-order valence-electron chi connectivity index (χ3n) is 4.77. The predicted octanol–water partition coefficient (Wildman–Crippen LogP) is 2.30. The molecule has 0 spiro atoms. The summed E-state index contributed by atoms with van der Waals surface area (Å²) < 4.78 is 19.2. The molecule has 3 rings (SSSR count). The molecule has 1 aliphatic rings. The number of benzene rings is 2. The molecular weight excluding hydrogens is 359 g/mol. The Bertz CT molecular complexity index is 777. The number of aliphatic imine (C=N–C) groups is 1. The normalized spacial score (nSPS) is 15.5. The van der Waals surface area contributed by atoms with E-state index < -0.39 is 5.82 Å². The second-order valence-electron chi connectivity index (χ2n) is 6.68. The first kappa shape index (κ1) is 19.9. The second kappa shape index (κ2) is 9.94. The SMILES string of the molecule is CN=C(NCc1ccc(O)c(F)c1)N1CCN(CCOc2ccccc2)CC1. The van der Waals surface area contributed by atoms with Gasteiger partial charge in [0, 0.05) is 46.3 Å². The number of halogens is 1. The van der Waals surface area contributed by atoms with Gasteiger partial charge in [0.1, 0.15) is 12.4 Å². The van der Waals surface area contributed by atoms with Gasteiger partial charge in [0.25, 0.3) is 0 Å². The summed E-state index contributed by atoms with van der Waals surface area (Å²) in [6, 6.07) is 14.2. The van der Waals surface area contributed by atoms with Crippen LogP contribution in [0.25, 0.3) is 0 Å². The number of hydrogen-bond donors (Lipinski definition) is 2. The first-order valence-electron chi connectivity index (χ1n) is 9.49. The van der Waals surface area contributed by atoms with E-state index in [0.29, 0.717) is 13.2 Å². The van der Waals surface area contributed by atoms with Gasteiger partial charge in [0.15, 0.2) is 17.5 Å². The highest BCUT2D eigenvalue weighted by Gasteiger charge is 2.19. The minimum atomic E-state index is -0.611. The fourth-order valence-corrected chi connectivity index (χ4v) is 3.17. The number of phenolic OH excluding ortho intramolecular Hbond substituents is 1. The molecule has 1 saturated heterocycles. The molecule has 0 aromatic heterocycles. The van der Waals surface area contributed by atoms with Crippen LogP contribution in [-0.2, 0) is 6.54 Å². The molecule has 0 aliphatic carbocycles. The summed E-state index contributed by atoms with van der Waals surface area (Å²) in [6.07, 6.45) is 0. The van der Waals surface area contributed by atoms with E-state index in [1.165, 1.54) is 12.1 Å². The van der Waals surface area contributed by atoms with Crippen LogP contribution in [0.3, 0.4) is 0 Å². The predicted molar refractivity (Wildman–Crippen MR) is 108 cm³/mol. The van der Waals surface area contributed by atoms with E-state index >= 15 is 0 Å². The summed E-state index contributed by atoms with van der Waals surface area (Å²) in [6.45, 7) is 5.63. The fraction of sp³-hybridized carbons (Fsp3) is 0.381. The van der Waals surface area contributed by atoms with Crippen LogP contribution in [0.5, 0.6) is 11.5 Å². The van der Waals surface area contributed by atoms with Crippen LogP contribution in [-0.4, -0.2) is 67.2 Å². The Morgan fingerprint density at radius 2 is 1.89 bits per heavy atom. The van der Waals surface area contributed by atoms with Gasteiger partial charge in [0.2, 0.25) is 0 Å². The van der Waals surface area contributed by atoms with Crippen molar-refractivity contribution in [2.45, 2.75) is 6.54 Å². The van der Waals surface area contributed by atoms with E-state index in [-0.39, 0.29) is 5.75 Å². The number of piperazine rings is 1. The summed E-state index contributed by atoms with van der Waals surface area (Å²) in [5.74, 6) is 0.756. The van der Waals surface area contributed by atoms with Crippen molar-refractivity contribution in [3.63, 3.8) is 0 Å². The van der Waals surface area contributed by atoms with E-state index in [1.54, 1.807) is 13.1 Å². The zero-order chi connectivity index (χ0) is 19.8. The Hall–Kier alpha value is -2.80. The molecule has 2 aromatic rings. The molecule has 0 bridgehead atoms. The third kappa shape index (κ3) is 5.60. The van der Waals surface area contributed by atoms with Crippen LogP contribution in [0, 0.1) is 5.82 Å². The number of nitrogens with one attached hydrogen (secondary N) is 1. The number of rotatable bonds is 6. The highest BCUT2D eigenvalue weighted by Crippen LogP contribution is 2.16. The summed E-state index contributed by atoms with van der Waals surface area (Å²) in [5.41, 5.74) is 0.758. The molecule has 1 fully saturated rings. The van der Waals surface area contributed by atoms with Crippen molar-refractivity contribution in [3.05, 3.63) is 59.9 Å². The minimum absolute atomic E-state index is 0.333. The standard InChI is InChI=1S/C21H27FN4O2/c1-23-21(24-16-17-7-8-20(27)19(22)15-17)26-11-9-25(10-12-26)13-14-28-18-5-3-2-4-6-18/h2-8,15,27H,9-14,16H2,1H3,(H,23,24). The number of guanidine groups is 1. The van der Waals surface area contributed by atoms with Gasteiger partial charge in [-0.1, -0.05) is 24.3 Å². The number of ether oxygens (including phenoxy) is 1. The van der Waals surface area contributed by atoms with Gasteiger partial charge in [-0.15, -0.1) is 0 Å². The minimum Gasteiger partial charge on any atom is -0.505 e. The first-order chi connectivity index (χ1) is 13.7. The topological polar surface area (TPSA) is 60.3 Å². The summed E-state index contributed by atoms with van der Waals surface area (Å²) in [7, 11) is 1.75. The average Bonchev–Trinajstić information content (AvgIpc) is 2.73. The smallest absolute Gasteiger partial charge is 0.194 e. The first-order valence-corrected chi connectivity index (χ1v) is 9.49. The van der Waals surface area contributed by atoms with Crippen LogP contribution in [0.2, 0.25) is 0 Å². The lowest BCUT2D eigenvalue weighted by atomic mass is 10.2.